The summed E-state index contributed by atoms with van der Waals surface area (Å²) < 4.78 is 0. The van der Waals surface area contributed by atoms with E-state index in [1.165, 1.54) is 16.9 Å². The number of nitriles is 1. The minimum atomic E-state index is 0.127. The highest BCUT2D eigenvalue weighted by Crippen LogP contribution is 2.25. The number of nitrogens with zero attached hydrogens (tertiary/aromatic N) is 2. The highest BCUT2D eigenvalue weighted by atomic mass is 32.1. The number of aryl methyl sites for hydroxylation is 1. The molecule has 0 fully saturated rings. The van der Waals surface area contributed by atoms with E-state index >= 15 is 0 Å². The van der Waals surface area contributed by atoms with Crippen molar-refractivity contribution >= 4 is 22.8 Å². The lowest BCUT2D eigenvalue weighted by atomic mass is 9.98. The van der Waals surface area contributed by atoms with Gasteiger partial charge < -0.3 is 4.90 Å². The highest BCUT2D eigenvalue weighted by molar-refractivity contribution is 7.12. The molecule has 2 heterocycles. The van der Waals surface area contributed by atoms with E-state index in [0.717, 1.165) is 29.0 Å². The van der Waals surface area contributed by atoms with Crippen molar-refractivity contribution in [3.05, 3.63) is 63.4 Å². The third kappa shape index (κ3) is 2.81. The minimum Gasteiger partial charge on any atom is -0.334 e. The summed E-state index contributed by atoms with van der Waals surface area (Å²) in [6, 6.07) is 11.7. The molecule has 0 atom stereocenters. The quantitative estimate of drug-likeness (QED) is 0.845. The molecule has 3 rings (SSSR count). The average Bonchev–Trinajstić information content (AvgIpc) is 3.00. The average molecular weight is 308 g/mol. The van der Waals surface area contributed by atoms with Crippen molar-refractivity contribution in [2.24, 2.45) is 0 Å². The first kappa shape index (κ1) is 14.6. The summed E-state index contributed by atoms with van der Waals surface area (Å²) in [5.74, 6) is 0.127. The molecule has 0 saturated carbocycles. The Morgan fingerprint density at radius 1 is 1.27 bits per heavy atom. The maximum atomic E-state index is 12.5. The van der Waals surface area contributed by atoms with Crippen LogP contribution in [0.5, 0.6) is 0 Å². The second-order valence-corrected chi connectivity index (χ2v) is 6.27. The Balaban J connectivity index is 1.73. The van der Waals surface area contributed by atoms with Gasteiger partial charge in [-0.25, -0.2) is 0 Å². The van der Waals surface area contributed by atoms with E-state index in [0.29, 0.717) is 12.1 Å². The van der Waals surface area contributed by atoms with E-state index in [4.69, 9.17) is 5.26 Å². The lowest BCUT2D eigenvalue weighted by Gasteiger charge is -2.26. The Hall–Kier alpha value is -2.38. The fourth-order valence-electron chi connectivity index (χ4n) is 2.61. The molecule has 0 aliphatic carbocycles. The fraction of sp³-hybridized carbons (Fsp3) is 0.222. The molecule has 22 heavy (non-hydrogen) atoms. The molecule has 1 aliphatic rings. The predicted octanol–water partition coefficient (Wildman–Crippen LogP) is 3.86. The molecule has 110 valence electrons. The van der Waals surface area contributed by atoms with Crippen LogP contribution < -0.4 is 0 Å². The van der Waals surface area contributed by atoms with Crippen LogP contribution in [0.1, 0.15) is 32.8 Å². The molecule has 1 aliphatic heterocycles. The first-order valence-corrected chi connectivity index (χ1v) is 8.10. The number of rotatable bonds is 2. The van der Waals surface area contributed by atoms with Crippen LogP contribution in [-0.4, -0.2) is 23.9 Å². The molecule has 4 heteroatoms. The fourth-order valence-corrected chi connectivity index (χ4v) is 3.50. The molecule has 0 spiro atoms. The van der Waals surface area contributed by atoms with Crippen LogP contribution in [0.4, 0.5) is 0 Å². The third-order valence-corrected chi connectivity index (χ3v) is 4.94. The molecule has 1 aromatic heterocycles. The van der Waals surface area contributed by atoms with Crippen LogP contribution >= 0.6 is 11.3 Å². The number of amides is 1. The summed E-state index contributed by atoms with van der Waals surface area (Å²) in [5.41, 5.74) is 4.11. The van der Waals surface area contributed by atoms with Crippen molar-refractivity contribution in [3.63, 3.8) is 0 Å². The highest BCUT2D eigenvalue weighted by Gasteiger charge is 2.21. The van der Waals surface area contributed by atoms with E-state index in [-0.39, 0.29) is 5.91 Å². The SMILES string of the molecule is Cc1ccsc1C(=O)N1CC=C(c2ccc(C#N)cc2)CC1. The van der Waals surface area contributed by atoms with Crippen molar-refractivity contribution in [1.29, 1.82) is 5.26 Å². The van der Waals surface area contributed by atoms with Gasteiger partial charge in [0.05, 0.1) is 16.5 Å². The van der Waals surface area contributed by atoms with Crippen LogP contribution in [0.3, 0.4) is 0 Å². The lowest BCUT2D eigenvalue weighted by molar-refractivity contribution is 0.0777. The maximum absolute atomic E-state index is 12.5. The Morgan fingerprint density at radius 3 is 2.59 bits per heavy atom. The molecular formula is C18H16N2OS. The normalized spacial score (nSPS) is 14.4. The van der Waals surface area contributed by atoms with Gasteiger partial charge in [-0.15, -0.1) is 11.3 Å². The van der Waals surface area contributed by atoms with Crippen LogP contribution in [-0.2, 0) is 0 Å². The van der Waals surface area contributed by atoms with Crippen LogP contribution in [0.25, 0.3) is 5.57 Å². The largest absolute Gasteiger partial charge is 0.334 e. The van der Waals surface area contributed by atoms with Crippen molar-refractivity contribution in [1.82, 2.24) is 4.90 Å². The Morgan fingerprint density at radius 2 is 2.05 bits per heavy atom. The molecule has 0 N–H and O–H groups in total. The molecule has 1 amide bonds. The molecule has 3 nitrogen and oxygen atoms in total. The molecule has 2 aromatic rings. The number of thiophene rings is 1. The standard InChI is InChI=1S/C18H16N2OS/c1-13-8-11-22-17(13)18(21)20-9-6-16(7-10-20)15-4-2-14(12-19)3-5-15/h2-6,8,11H,7,9-10H2,1H3. The molecule has 1 aromatic carbocycles. The van der Waals surface area contributed by atoms with Crippen LogP contribution in [0.15, 0.2) is 41.8 Å². The first-order chi connectivity index (χ1) is 10.7. The van der Waals surface area contributed by atoms with E-state index in [2.05, 4.69) is 12.1 Å². The summed E-state index contributed by atoms with van der Waals surface area (Å²) in [6.07, 6.45) is 2.97. The van der Waals surface area contributed by atoms with E-state index in [1.54, 1.807) is 0 Å². The zero-order valence-corrected chi connectivity index (χ0v) is 13.2. The van der Waals surface area contributed by atoms with Crippen molar-refractivity contribution < 1.29 is 4.79 Å². The van der Waals surface area contributed by atoms with Crippen molar-refractivity contribution in [3.8, 4) is 6.07 Å². The number of hydrogen-bond donors (Lipinski definition) is 0. The number of benzene rings is 1. The Kier molecular flexibility index (Phi) is 4.08. The van der Waals surface area contributed by atoms with Gasteiger partial charge in [-0.1, -0.05) is 18.2 Å². The van der Waals surface area contributed by atoms with Gasteiger partial charge in [0, 0.05) is 13.1 Å². The van der Waals surface area contributed by atoms with Gasteiger partial charge in [0.25, 0.3) is 5.91 Å². The minimum absolute atomic E-state index is 0.127. The Labute approximate surface area is 134 Å². The number of carbonyl (C=O) groups is 1. The second-order valence-electron chi connectivity index (χ2n) is 5.35. The summed E-state index contributed by atoms with van der Waals surface area (Å²) in [4.78, 5) is 15.2. The van der Waals surface area contributed by atoms with Gasteiger partial charge in [0.2, 0.25) is 0 Å². The molecule has 0 radical (unpaired) electrons. The van der Waals surface area contributed by atoms with Gasteiger partial charge in [-0.2, -0.15) is 5.26 Å². The van der Waals surface area contributed by atoms with E-state index in [1.807, 2.05) is 47.5 Å². The van der Waals surface area contributed by atoms with Crippen LogP contribution in [0, 0.1) is 18.3 Å². The van der Waals surface area contributed by atoms with Gasteiger partial charge in [0.1, 0.15) is 0 Å². The second kappa shape index (κ2) is 6.17. The van der Waals surface area contributed by atoms with Crippen molar-refractivity contribution in [2.45, 2.75) is 13.3 Å². The Bertz CT molecular complexity index is 765. The predicted molar refractivity (Wildman–Crippen MR) is 88.7 cm³/mol. The molecule has 0 unspecified atom stereocenters. The summed E-state index contributed by atoms with van der Waals surface area (Å²) in [5, 5.41) is 10.8. The van der Waals surface area contributed by atoms with E-state index < -0.39 is 0 Å². The third-order valence-electron chi connectivity index (χ3n) is 3.94. The van der Waals surface area contributed by atoms with Gasteiger partial charge in [-0.05, 0) is 53.6 Å². The zero-order valence-electron chi connectivity index (χ0n) is 12.4. The van der Waals surface area contributed by atoms with Gasteiger partial charge in [0.15, 0.2) is 0 Å². The molecule has 0 saturated heterocycles. The lowest BCUT2D eigenvalue weighted by Crippen LogP contribution is -2.34. The monoisotopic (exact) mass is 308 g/mol. The maximum Gasteiger partial charge on any atom is 0.264 e. The van der Waals surface area contributed by atoms with Crippen LogP contribution in [0.2, 0.25) is 0 Å². The molecule has 0 bridgehead atoms. The number of hydrogen-bond acceptors (Lipinski definition) is 3. The van der Waals surface area contributed by atoms with Gasteiger partial charge in [-0.3, -0.25) is 4.79 Å². The van der Waals surface area contributed by atoms with Gasteiger partial charge >= 0.3 is 0 Å². The molecular weight excluding hydrogens is 292 g/mol. The number of carbonyl (C=O) groups excluding carboxylic acids is 1. The topological polar surface area (TPSA) is 44.1 Å². The van der Waals surface area contributed by atoms with Crippen molar-refractivity contribution in [2.75, 3.05) is 13.1 Å². The smallest absolute Gasteiger partial charge is 0.264 e. The summed E-state index contributed by atoms with van der Waals surface area (Å²) in [7, 11) is 0. The van der Waals surface area contributed by atoms with E-state index in [9.17, 15) is 4.79 Å². The summed E-state index contributed by atoms with van der Waals surface area (Å²) >= 11 is 1.51. The first-order valence-electron chi connectivity index (χ1n) is 7.22. The zero-order chi connectivity index (χ0) is 15.5. The summed E-state index contributed by atoms with van der Waals surface area (Å²) in [6.45, 7) is 3.36.